The predicted molar refractivity (Wildman–Crippen MR) is 264 cm³/mol. The van der Waals surface area contributed by atoms with E-state index in [-0.39, 0.29) is 5.56 Å². The normalized spacial score (nSPS) is 27.4. The first kappa shape index (κ1) is 59.3. The molecule has 3 aliphatic carbocycles. The summed E-state index contributed by atoms with van der Waals surface area (Å²) in [4.78, 5) is 67.1. The summed E-state index contributed by atoms with van der Waals surface area (Å²) >= 11 is 0. The van der Waals surface area contributed by atoms with Crippen molar-refractivity contribution in [3.63, 3.8) is 0 Å². The van der Waals surface area contributed by atoms with Crippen molar-refractivity contribution in [2.45, 2.75) is 79.2 Å². The predicted octanol–water partition coefficient (Wildman–Crippen LogP) is 0.289. The highest BCUT2D eigenvalue weighted by atomic mass is 16.5. The highest BCUT2D eigenvalue weighted by Gasteiger charge is 2.57. The maximum Gasteiger partial charge on any atom is 0.336 e. The van der Waals surface area contributed by atoms with Crippen LogP contribution in [0.4, 0.5) is 0 Å². The molecule has 31 nitrogen and oxygen atoms in total. The van der Waals surface area contributed by atoms with Crippen molar-refractivity contribution >= 4 is 29.8 Å². The number of phenols is 10. The van der Waals surface area contributed by atoms with Gasteiger partial charge in [-0.2, -0.15) is 0 Å². The number of carbonyl (C=O) groups is 5. The summed E-state index contributed by atoms with van der Waals surface area (Å²) in [5, 5.41) is 264. The molecule has 31 heteroatoms. The first-order valence-electron chi connectivity index (χ1n) is 24.2. The Kier molecular flexibility index (Phi) is 15.4. The Balaban J connectivity index is 1.39. The third-order valence-electron chi connectivity index (χ3n) is 15.4. The van der Waals surface area contributed by atoms with Gasteiger partial charge >= 0.3 is 29.8 Å². The Morgan fingerprint density at radius 2 is 1.19 bits per heavy atom. The molecule has 4 aromatic carbocycles. The van der Waals surface area contributed by atoms with Crippen LogP contribution in [0.25, 0.3) is 0 Å². The summed E-state index contributed by atoms with van der Waals surface area (Å²) in [6, 6.07) is 3.81. The Labute approximate surface area is 461 Å². The number of carbonyl (C=O) groups excluding carboxylic acids is 1. The minimum Gasteiger partial charge on any atom is -0.508 e. The van der Waals surface area contributed by atoms with E-state index in [1.54, 1.807) is 0 Å². The lowest BCUT2D eigenvalue weighted by Gasteiger charge is -2.44. The van der Waals surface area contributed by atoms with Crippen molar-refractivity contribution < 1.29 is 156 Å². The Morgan fingerprint density at radius 3 is 1.78 bits per heavy atom. The Hall–Kier alpha value is -9.79. The Morgan fingerprint density at radius 1 is 0.578 bits per heavy atom. The molecule has 0 saturated heterocycles. The molecule has 24 N–H and O–H groups in total. The fraction of sp³-hybridized carbons (Fsp3) is 0.327. The van der Waals surface area contributed by atoms with Crippen LogP contribution in [0.15, 0.2) is 65.0 Å². The average molecular weight is 1170 g/mol. The van der Waals surface area contributed by atoms with E-state index in [9.17, 15) is 147 Å². The van der Waals surface area contributed by atoms with Gasteiger partial charge in [-0.1, -0.05) is 12.1 Å². The fourth-order valence-electron chi connectivity index (χ4n) is 11.5. The smallest absolute Gasteiger partial charge is 0.336 e. The summed E-state index contributed by atoms with van der Waals surface area (Å²) in [7, 11) is 0. The van der Waals surface area contributed by atoms with Crippen LogP contribution >= 0.6 is 0 Å². The minimum absolute atomic E-state index is 0.167. The van der Waals surface area contributed by atoms with Gasteiger partial charge in [-0.15, -0.1) is 0 Å². The van der Waals surface area contributed by atoms with E-state index >= 15 is 0 Å². The van der Waals surface area contributed by atoms with E-state index < -0.39 is 264 Å². The number of aliphatic hydroxyl groups is 10. The number of esters is 1. The molecule has 0 radical (unpaired) electrons. The molecule has 0 amide bonds. The van der Waals surface area contributed by atoms with E-state index in [0.29, 0.717) is 18.2 Å². The lowest BCUT2D eigenvalue weighted by molar-refractivity contribution is -0.155. The number of rotatable bonds is 13. The third-order valence-corrected chi connectivity index (χ3v) is 15.4. The molecule has 4 unspecified atom stereocenters. The monoisotopic (exact) mass is 1170 g/mol. The number of carboxylic acids is 4. The highest BCUT2D eigenvalue weighted by molar-refractivity contribution is 5.97. The quantitative estimate of drug-likeness (QED) is 0.0632. The number of benzene rings is 4. The number of hydrogen-bond donors (Lipinski definition) is 24. The van der Waals surface area contributed by atoms with Gasteiger partial charge in [0.15, 0.2) is 46.0 Å². The zero-order chi connectivity index (χ0) is 61.6. The standard InChI is InChI=1S/C52H50O31/c53-17-2-1-10(3-19(17)55)46-23(59)5-11-18(54)8-20(56)24(47(11)83-46)16(9-82-52(81)14-7-22(58)36(63)38(65)27(14)26-13(48(73)74)6-21(57)35(62)37(26)64)28-32(51(79)80)30(42(69)45(72)40(28)67)29-31(50(77)78)25(39(66)44(71)41(29)68)12-4-15(49(75)76)34(61)43(70)33(12)60/h1-4,6,8,12,14,16,22-23,27-28,30,32-34,40,43,46,53-72H,5,7,9H2,(H,73,74)(H,75,76)(H,77,78)(H,79,80)/t12-,14?,16?,22+,23-,27+,28+,30-,32?,33?,34-,40+,43+,46+/m0/s1. The molecule has 444 valence electrons. The van der Waals surface area contributed by atoms with E-state index in [0.717, 1.165) is 18.2 Å². The molecule has 14 atom stereocenters. The number of ether oxygens (including phenoxy) is 2. The molecule has 1 heterocycles. The number of hydrogen-bond acceptors (Lipinski definition) is 27. The number of aromatic hydroxyl groups is 10. The van der Waals surface area contributed by atoms with Crippen LogP contribution in [-0.4, -0.2) is 196 Å². The van der Waals surface area contributed by atoms with E-state index in [1.165, 1.54) is 0 Å². The fourth-order valence-corrected chi connectivity index (χ4v) is 11.5. The van der Waals surface area contributed by atoms with Crippen molar-refractivity contribution in [1.82, 2.24) is 0 Å². The molecule has 0 bridgehead atoms. The van der Waals surface area contributed by atoms with Gasteiger partial charge in [-0.3, -0.25) is 9.59 Å². The lowest BCUT2D eigenvalue weighted by Crippen LogP contribution is -2.48. The van der Waals surface area contributed by atoms with Crippen molar-refractivity contribution in [1.29, 1.82) is 0 Å². The molecule has 0 spiro atoms. The van der Waals surface area contributed by atoms with E-state index in [4.69, 9.17) is 9.47 Å². The minimum atomic E-state index is -2.94. The number of aromatic carboxylic acids is 2. The van der Waals surface area contributed by atoms with Crippen molar-refractivity contribution in [3.8, 4) is 63.2 Å². The summed E-state index contributed by atoms with van der Waals surface area (Å²) < 4.78 is 11.8. The number of carboxylic acid groups (broad SMARTS) is 4. The highest BCUT2D eigenvalue weighted by Crippen LogP contribution is 2.60. The number of aliphatic carboxylic acids is 2. The van der Waals surface area contributed by atoms with Gasteiger partial charge in [-0.25, -0.2) is 14.4 Å². The van der Waals surface area contributed by atoms with Gasteiger partial charge in [-0.05, 0) is 30.2 Å². The molecule has 0 saturated carbocycles. The maximum atomic E-state index is 14.7. The third kappa shape index (κ3) is 9.63. The second-order valence-electron chi connectivity index (χ2n) is 20.0. The largest absolute Gasteiger partial charge is 0.508 e. The zero-order valence-electron chi connectivity index (χ0n) is 41.8. The molecular weight excluding hydrogens is 1120 g/mol. The zero-order valence-corrected chi connectivity index (χ0v) is 41.8. The van der Waals surface area contributed by atoms with Crippen LogP contribution in [0.2, 0.25) is 0 Å². The molecule has 4 aliphatic rings. The molecule has 83 heavy (non-hydrogen) atoms. The first-order chi connectivity index (χ1) is 38.8. The van der Waals surface area contributed by atoms with Crippen molar-refractivity contribution in [3.05, 3.63) is 110 Å². The van der Waals surface area contributed by atoms with E-state index in [2.05, 4.69) is 0 Å². The summed E-state index contributed by atoms with van der Waals surface area (Å²) in [5.74, 6) is -48.9. The Bertz CT molecular complexity index is 3510. The molecule has 4 aromatic rings. The van der Waals surface area contributed by atoms with Gasteiger partial charge in [0.05, 0.1) is 59.2 Å². The van der Waals surface area contributed by atoms with Gasteiger partial charge in [0.25, 0.3) is 0 Å². The number of allylic oxidation sites excluding steroid dienone is 2. The van der Waals surface area contributed by atoms with E-state index in [1.807, 2.05) is 0 Å². The number of fused-ring (bicyclic) bond motifs is 1. The molecule has 0 aromatic heterocycles. The van der Waals surface area contributed by atoms with Gasteiger partial charge < -0.3 is 132 Å². The summed E-state index contributed by atoms with van der Waals surface area (Å²) in [6.45, 7) is -1.60. The summed E-state index contributed by atoms with van der Waals surface area (Å²) in [5.41, 5.74) is -9.54. The molecule has 1 aliphatic heterocycles. The molecule has 8 rings (SSSR count). The first-order valence-corrected chi connectivity index (χ1v) is 24.2. The van der Waals surface area contributed by atoms with Gasteiger partial charge in [0, 0.05) is 58.1 Å². The van der Waals surface area contributed by atoms with Crippen LogP contribution < -0.4 is 4.74 Å². The van der Waals surface area contributed by atoms with Gasteiger partial charge in [0.1, 0.15) is 59.3 Å². The van der Waals surface area contributed by atoms with Crippen molar-refractivity contribution in [2.24, 2.45) is 17.8 Å². The van der Waals surface area contributed by atoms with Crippen LogP contribution in [-0.2, 0) is 25.5 Å². The maximum absolute atomic E-state index is 14.7. The van der Waals surface area contributed by atoms with Crippen LogP contribution in [0.1, 0.15) is 90.3 Å². The lowest BCUT2D eigenvalue weighted by atomic mass is 9.62. The SMILES string of the molecule is O=C(O)C1=C[C@@H](c2c(O)c(O)c(O)c([C@@H]3C(O)=C(O)[C@H](O)[C@H](C(COC(=O)C4C[C@@H](O)C(O)=C(O)[C@H]4c4c(C(=O)O)cc(O)c(O)c4O)c4c(O)cc(O)c5c4O[C@H](c4ccc(O)c(O)c4)[C@@H](O)C5)C3C(=O)O)c2C(=O)O)C(O)[C@@H](O)[C@H]1O. The second kappa shape index (κ2) is 21.6. The average Bonchev–Trinajstić information content (AvgIpc) is 3.42. The topological polar surface area (TPSA) is 589 Å². The number of phenolic OH excluding ortho intramolecular Hbond substituents is 10. The second-order valence-corrected chi connectivity index (χ2v) is 20.0. The van der Waals surface area contributed by atoms with Gasteiger partial charge in [0.2, 0.25) is 11.5 Å². The van der Waals surface area contributed by atoms with Crippen molar-refractivity contribution in [2.75, 3.05) is 6.61 Å². The van der Waals surface area contributed by atoms with Crippen LogP contribution in [0.5, 0.6) is 63.2 Å². The summed E-state index contributed by atoms with van der Waals surface area (Å²) in [6.07, 6.45) is -17.6. The molecule has 0 fully saturated rings. The number of aliphatic hydroxyl groups excluding tert-OH is 10. The molecular formula is C52H50O31. The van der Waals surface area contributed by atoms with Crippen LogP contribution in [0, 0.1) is 17.8 Å². The van der Waals surface area contributed by atoms with Crippen LogP contribution in [0.3, 0.4) is 0 Å².